The average molecular weight is 1560 g/mol. The second-order valence-electron chi connectivity index (χ2n) is 40.2. The van der Waals surface area contributed by atoms with E-state index in [-0.39, 0.29) is 98.4 Å². The number of likely N-dealkylation sites (tertiary alicyclic amines) is 2. The van der Waals surface area contributed by atoms with E-state index in [2.05, 4.69) is 133 Å². The number of amides is 2. The van der Waals surface area contributed by atoms with Crippen molar-refractivity contribution >= 4 is 41.8 Å². The first-order valence-corrected chi connectivity index (χ1v) is 41.0. The van der Waals surface area contributed by atoms with E-state index in [1.54, 1.807) is 23.3 Å². The number of piperidine rings is 1. The lowest BCUT2D eigenvalue weighted by Gasteiger charge is -2.29. The van der Waals surface area contributed by atoms with E-state index in [1.807, 2.05) is 146 Å². The largest absolute Gasteiger partial charge is 0.508 e. The maximum Gasteiger partial charge on any atom is 0.508 e. The van der Waals surface area contributed by atoms with Crippen molar-refractivity contribution in [1.29, 1.82) is 0 Å². The van der Waals surface area contributed by atoms with Crippen LogP contribution >= 0.6 is 0 Å². The minimum Gasteiger partial charge on any atom is -0.462 e. The standard InChI is InChI=1S/C13H24O3.C13H18O2.C13H18.C11H21NO.C10H19NO.C10H16O2.C8H16O3.C8H16O2.C7H14O2/c1-10(13(2,3)4)15-12(14)16-11-8-6-5-7-9-11;1-10(13(2,3)4)15-12(14)11-8-6-5-7-9-11;1-13(2,3)12-8-7-10-5-4-6-11(10)9-12;1-11(2,3)9-10(13)12-7-5-4-6-8-12;1-10(2,3)8-9(12)11-6-4-5-7-11;1-7-9(6-10(3,4)5)12-8(2)11-7;1-6(8(2,3)4)11-7(9)10-5;1-6(8(3,4)5)10-7(2)9;1-6(8)5-9-7(2,3)4/h10-11H,5-9H2,1-4H3;5-10H,1-4H3;7-9H,4-6H2,1-3H3;4-9H2,1-3H3;4-8H2,1-3H3;2,6H2,1,3-5H3;6H,1-5H3;6H,1-5H3;5H2,1-4H3. The van der Waals surface area contributed by atoms with Gasteiger partial charge in [0.15, 0.2) is 5.78 Å². The lowest BCUT2D eigenvalue weighted by molar-refractivity contribution is -0.150. The van der Waals surface area contributed by atoms with Crippen molar-refractivity contribution in [2.45, 2.75) is 380 Å². The molecule has 2 saturated heterocycles. The Labute approximate surface area is 676 Å². The highest BCUT2D eigenvalue weighted by Gasteiger charge is 2.30. The Morgan fingerprint density at radius 3 is 1.24 bits per heavy atom. The van der Waals surface area contributed by atoms with Crippen molar-refractivity contribution in [2.24, 2.45) is 37.9 Å². The smallest absolute Gasteiger partial charge is 0.462 e. The van der Waals surface area contributed by atoms with Gasteiger partial charge in [0, 0.05) is 52.4 Å². The zero-order chi connectivity index (χ0) is 86.5. The zero-order valence-electron chi connectivity index (χ0n) is 77.0. The van der Waals surface area contributed by atoms with Gasteiger partial charge in [0.25, 0.3) is 5.95 Å². The van der Waals surface area contributed by atoms with Crippen molar-refractivity contribution < 1.29 is 76.2 Å². The summed E-state index contributed by atoms with van der Waals surface area (Å²) < 4.78 is 45.8. The van der Waals surface area contributed by atoms with E-state index in [1.165, 1.54) is 84.3 Å². The fraction of sp³-hybridized carbons (Fsp3) is 0.753. The number of ketones is 1. The van der Waals surface area contributed by atoms with Crippen LogP contribution < -0.4 is 0 Å². The number of hydrogen-bond donors (Lipinski definition) is 0. The Hall–Kier alpha value is -6.43. The molecule has 2 amide bonds. The number of carbonyl (C=O) groups excluding carboxylic acids is 7. The molecule has 4 atom stereocenters. The first-order valence-electron chi connectivity index (χ1n) is 41.0. The summed E-state index contributed by atoms with van der Waals surface area (Å²) in [6, 6.07) is 16.1. The summed E-state index contributed by atoms with van der Waals surface area (Å²) >= 11 is 0. The molecule has 1 saturated carbocycles. The molecule has 18 heteroatoms. The van der Waals surface area contributed by atoms with E-state index in [0.29, 0.717) is 41.6 Å². The first kappa shape index (κ1) is 107. The topological polar surface area (TPSA) is 209 Å². The Balaban J connectivity index is 0. The van der Waals surface area contributed by atoms with Gasteiger partial charge < -0.3 is 52.4 Å². The van der Waals surface area contributed by atoms with Gasteiger partial charge in [-0.25, -0.2) is 14.4 Å². The van der Waals surface area contributed by atoms with Crippen molar-refractivity contribution in [2.75, 3.05) is 39.9 Å². The summed E-state index contributed by atoms with van der Waals surface area (Å²) in [5.74, 6) is 2.44. The number of benzene rings is 2. The fourth-order valence-electron chi connectivity index (χ4n) is 10.1. The van der Waals surface area contributed by atoms with Crippen molar-refractivity contribution in [3.05, 3.63) is 94.8 Å². The van der Waals surface area contributed by atoms with Gasteiger partial charge in [0.1, 0.15) is 48.6 Å². The lowest BCUT2D eigenvalue weighted by atomic mass is 9.85. The normalized spacial score (nSPS) is 16.3. The Kier molecular flexibility index (Phi) is 47.4. The van der Waals surface area contributed by atoms with Gasteiger partial charge in [-0.15, -0.1) is 0 Å². The molecule has 0 bridgehead atoms. The molecule has 3 aliphatic heterocycles. The molecule has 0 radical (unpaired) electrons. The van der Waals surface area contributed by atoms with Crippen LogP contribution in [0.25, 0.3) is 0 Å². The number of fused-ring (bicyclic) bond motifs is 1. The van der Waals surface area contributed by atoms with Crippen LogP contribution in [0, 0.1) is 37.9 Å². The molecule has 0 aromatic heterocycles. The number of nitrogens with zero attached hydrogens (tertiary/aromatic N) is 2. The molecule has 640 valence electrons. The van der Waals surface area contributed by atoms with Crippen LogP contribution in [0.15, 0.2) is 72.6 Å². The second kappa shape index (κ2) is 49.4. The van der Waals surface area contributed by atoms with Crippen LogP contribution in [0.2, 0.25) is 0 Å². The lowest BCUT2D eigenvalue weighted by Crippen LogP contribution is -2.37. The van der Waals surface area contributed by atoms with Crippen LogP contribution in [0.5, 0.6) is 0 Å². The Morgan fingerprint density at radius 1 is 0.486 bits per heavy atom. The summed E-state index contributed by atoms with van der Waals surface area (Å²) in [6.45, 7) is 76.4. The van der Waals surface area contributed by atoms with Gasteiger partial charge in [-0.1, -0.05) is 209 Å². The van der Waals surface area contributed by atoms with E-state index in [4.69, 9.17) is 37.9 Å². The number of carbonyl (C=O) groups is 7. The SMILES string of the molecule is C=C1OC(C)=C(CC(C)(C)C)O1.CC(=O)COC(C)(C)C.CC(=O)OC(C)C(C)(C)C.CC(C)(C)CC(=O)N1CCCC1.CC(C)(C)CC(=O)N1CCCCC1.CC(C)(C)c1ccc2c(c1)CCC2.CC(OC(=O)OC1CCCCC1)C(C)(C)C.CC(OC(=O)c1ccccc1)C(C)(C)C.COC(=O)OC(C)C(C)(C)C. The quantitative estimate of drug-likeness (QED) is 0.151. The van der Waals surface area contributed by atoms with Crippen LogP contribution in [0.3, 0.4) is 0 Å². The van der Waals surface area contributed by atoms with Gasteiger partial charge in [0.05, 0.1) is 18.3 Å². The molecule has 2 aromatic carbocycles. The fourth-order valence-corrected chi connectivity index (χ4v) is 10.1. The molecule has 2 aromatic rings. The molecular weight excluding hydrogens is 1400 g/mol. The number of esters is 2. The van der Waals surface area contributed by atoms with Gasteiger partial charge in [-0.3, -0.25) is 19.2 Å². The molecule has 0 spiro atoms. The maximum atomic E-state index is 11.7. The third kappa shape index (κ3) is 54.1. The van der Waals surface area contributed by atoms with Crippen molar-refractivity contribution in [3.63, 3.8) is 0 Å². The van der Waals surface area contributed by atoms with Gasteiger partial charge >= 0.3 is 24.2 Å². The highest BCUT2D eigenvalue weighted by atomic mass is 16.7. The molecule has 3 heterocycles. The van der Waals surface area contributed by atoms with Gasteiger partial charge in [-0.2, -0.15) is 0 Å². The molecule has 18 nitrogen and oxygen atoms in total. The summed E-state index contributed by atoms with van der Waals surface area (Å²) in [6.07, 6.45) is 16.4. The zero-order valence-corrected chi connectivity index (χ0v) is 77.0. The van der Waals surface area contributed by atoms with Crippen molar-refractivity contribution in [3.8, 4) is 0 Å². The predicted octanol–water partition coefficient (Wildman–Crippen LogP) is 23.9. The van der Waals surface area contributed by atoms with Crippen LogP contribution in [0.1, 0.15) is 352 Å². The Morgan fingerprint density at radius 2 is 0.892 bits per heavy atom. The molecule has 3 fully saturated rings. The number of ether oxygens (including phenoxy) is 9. The van der Waals surface area contributed by atoms with Gasteiger partial charge in [0.2, 0.25) is 11.8 Å². The number of allylic oxidation sites excluding steroid dienone is 2. The summed E-state index contributed by atoms with van der Waals surface area (Å²) in [7, 11) is 1.30. The van der Waals surface area contributed by atoms with E-state index < -0.39 is 12.3 Å². The summed E-state index contributed by atoms with van der Waals surface area (Å²) in [4.78, 5) is 82.0. The number of Topliss-reactive ketones (excluding diaryl/α,β-unsaturated/α-hetero) is 1. The van der Waals surface area contributed by atoms with Crippen molar-refractivity contribution in [1.82, 2.24) is 9.80 Å². The molecular formula is C93H162N2O16. The van der Waals surface area contributed by atoms with Crippen LogP contribution in [-0.2, 0) is 80.1 Å². The third-order valence-corrected chi connectivity index (χ3v) is 18.8. The maximum absolute atomic E-state index is 11.7. The molecule has 2 aliphatic carbocycles. The summed E-state index contributed by atoms with van der Waals surface area (Å²) in [5.41, 5.74) is 5.82. The van der Waals surface area contributed by atoms with Gasteiger partial charge in [-0.05, 0) is 218 Å². The van der Waals surface area contributed by atoms with E-state index >= 15 is 0 Å². The van der Waals surface area contributed by atoms with Crippen LogP contribution in [0.4, 0.5) is 9.59 Å². The van der Waals surface area contributed by atoms with E-state index in [9.17, 15) is 33.6 Å². The van der Waals surface area contributed by atoms with E-state index in [0.717, 1.165) is 69.8 Å². The van der Waals surface area contributed by atoms with Crippen LogP contribution in [-0.4, -0.2) is 128 Å². The Bertz CT molecular complexity index is 3080. The number of aryl methyl sites for hydroxylation is 2. The molecule has 0 N–H and O–H groups in total. The highest BCUT2D eigenvalue weighted by Crippen LogP contribution is 2.34. The molecule has 4 unspecified atom stereocenters. The number of hydrogen-bond acceptors (Lipinski definition) is 16. The minimum atomic E-state index is -0.618. The summed E-state index contributed by atoms with van der Waals surface area (Å²) in [5, 5.41) is 0. The molecule has 111 heavy (non-hydrogen) atoms. The molecule has 7 rings (SSSR count). The number of methoxy groups -OCH3 is 1. The highest BCUT2D eigenvalue weighted by molar-refractivity contribution is 5.89. The average Bonchev–Trinajstić information content (AvgIpc) is 1.73. The number of rotatable bonds is 11. The molecule has 5 aliphatic rings. The third-order valence-electron chi connectivity index (χ3n) is 18.8. The predicted molar refractivity (Wildman–Crippen MR) is 453 cm³/mol. The minimum absolute atomic E-state index is 0.00926. The second-order valence-corrected chi connectivity index (χ2v) is 40.2. The first-order chi connectivity index (χ1) is 50.4. The monoisotopic (exact) mass is 1560 g/mol.